The third kappa shape index (κ3) is 9.38. The molecule has 0 unspecified atom stereocenters. The van der Waals surface area contributed by atoms with E-state index in [1.54, 1.807) is 13.8 Å². The van der Waals surface area contributed by atoms with Crippen molar-refractivity contribution in [2.75, 3.05) is 32.8 Å². The molecule has 0 aromatic rings. The monoisotopic (exact) mass is 1070 g/mol. The van der Waals surface area contributed by atoms with Crippen LogP contribution in [0.1, 0.15) is 225 Å². The summed E-state index contributed by atoms with van der Waals surface area (Å²) < 4.78 is 11.8. The number of fused-ring (bicyclic) bond motifs is 14. The van der Waals surface area contributed by atoms with Crippen LogP contribution in [0.5, 0.6) is 0 Å². The Labute approximate surface area is 469 Å². The molecule has 10 fully saturated rings. The predicted octanol–water partition coefficient (Wildman–Crippen LogP) is 13.9. The largest absolute Gasteiger partial charge is 0.462 e. The van der Waals surface area contributed by atoms with E-state index in [1.165, 1.54) is 107 Å². The maximum Gasteiger partial charge on any atom is 0.302 e. The molecule has 5 N–H and O–H groups in total. The first-order valence-electron chi connectivity index (χ1n) is 31.7. The van der Waals surface area contributed by atoms with E-state index in [0.717, 1.165) is 56.9 Å². The summed E-state index contributed by atoms with van der Waals surface area (Å²) in [5.41, 5.74) is 9.61. The van der Waals surface area contributed by atoms with Gasteiger partial charge in [-0.2, -0.15) is 0 Å². The number of nitrogens with two attached hydrogens (primary N) is 1. The molecule has 77 heavy (non-hydrogen) atoms. The van der Waals surface area contributed by atoms with Gasteiger partial charge in [0.1, 0.15) is 18.5 Å². The zero-order valence-corrected chi connectivity index (χ0v) is 51.6. The van der Waals surface area contributed by atoms with Crippen molar-refractivity contribution in [2.45, 2.75) is 238 Å². The zero-order chi connectivity index (χ0) is 56.7. The van der Waals surface area contributed by atoms with Crippen molar-refractivity contribution in [3.05, 3.63) is 24.3 Å². The molecule has 0 radical (unpaired) electrons. The zero-order valence-electron chi connectivity index (χ0n) is 51.6. The second-order valence-electron chi connectivity index (χ2n) is 31.4. The highest BCUT2D eigenvalue weighted by molar-refractivity contribution is 5.66. The molecule has 0 aromatic carbocycles. The van der Waals surface area contributed by atoms with Gasteiger partial charge < -0.3 is 35.5 Å². The van der Waals surface area contributed by atoms with Crippen molar-refractivity contribution in [1.29, 1.82) is 0 Å². The molecule has 10 rings (SSSR count). The molecule has 0 saturated heterocycles. The van der Waals surface area contributed by atoms with E-state index >= 15 is 0 Å². The number of allylic oxidation sites excluding steroid dienone is 2. The van der Waals surface area contributed by atoms with E-state index in [2.05, 4.69) is 102 Å². The highest BCUT2D eigenvalue weighted by Gasteiger charge is 2.73. The van der Waals surface area contributed by atoms with Gasteiger partial charge in [0.2, 0.25) is 0 Å². The molecule has 0 heterocycles. The molecular formula is C68H114N2O7. The summed E-state index contributed by atoms with van der Waals surface area (Å²) in [5.74, 6) is 6.08. The number of carbonyl (C=O) groups excluding carboxylic acids is 3. The first-order valence-corrected chi connectivity index (χ1v) is 31.7. The molecule has 9 nitrogen and oxygen atoms in total. The van der Waals surface area contributed by atoms with Gasteiger partial charge >= 0.3 is 11.9 Å². The lowest BCUT2D eigenvalue weighted by Gasteiger charge is -2.73. The molecule has 10 saturated carbocycles. The maximum atomic E-state index is 12.6. The Morgan fingerprint density at radius 1 is 0.532 bits per heavy atom. The lowest BCUT2D eigenvalue weighted by atomic mass is 9.32. The fourth-order valence-corrected chi connectivity index (χ4v) is 24.2. The van der Waals surface area contributed by atoms with Crippen molar-refractivity contribution in [3.8, 4) is 0 Å². The molecule has 10 aliphatic carbocycles. The number of esters is 2. The number of hydrogen-bond donors (Lipinski definition) is 4. The Bertz CT molecular complexity index is 2200. The Kier molecular flexibility index (Phi) is 17.1. The van der Waals surface area contributed by atoms with Crippen LogP contribution >= 0.6 is 0 Å². The molecule has 0 spiro atoms. The lowest BCUT2D eigenvalue weighted by Crippen LogP contribution is -2.67. The van der Waals surface area contributed by atoms with E-state index in [-0.39, 0.29) is 64.4 Å². The van der Waals surface area contributed by atoms with E-state index in [9.17, 15) is 19.5 Å². The van der Waals surface area contributed by atoms with Gasteiger partial charge in [0.25, 0.3) is 0 Å². The number of hydrogen-bond acceptors (Lipinski definition) is 9. The van der Waals surface area contributed by atoms with Crippen LogP contribution in [0.4, 0.5) is 0 Å². The Hall–Kier alpha value is -2.07. The highest BCUT2D eigenvalue weighted by atomic mass is 16.5. The van der Waals surface area contributed by atoms with Crippen LogP contribution in [0.15, 0.2) is 24.3 Å². The molecule has 0 amide bonds. The molecule has 9 heteroatoms. The number of nitrogens with one attached hydrogen (secondary N) is 1. The van der Waals surface area contributed by atoms with Crippen LogP contribution in [-0.2, 0) is 23.9 Å². The molecule has 438 valence electrons. The van der Waals surface area contributed by atoms with Gasteiger partial charge in [-0.05, 0) is 239 Å². The highest BCUT2D eigenvalue weighted by Crippen LogP contribution is 2.80. The van der Waals surface area contributed by atoms with Crippen molar-refractivity contribution < 1.29 is 34.1 Å². The standard InChI is InChI=1S/C34H57NO3.C32H50O3.C2H7NO/c1-22(2)24-11-16-34(21-35-19-20-36)18-17-32(7)25(29(24)34)9-10-27-31(6)14-13-28(38-23(3)37)30(4,5)26(31)12-15-33(27,32)8;1-20(2)22-11-16-32(19-33)18-17-30(7)23(27(22)32)9-10-25-29(6)14-13-26(35-21(3)34)28(4,5)24(29)12-15-31(25,30)8;3-1-2-4/h24-29,35-36H,1,9-21H2,2-8H3;19,22-27H,1,9-18H2,2-8H3;4H,1-3H2/t24-,25+,26-,27+,28-,29+,31-,32+,33+,34+;22-,23+,24-,25+,26-,27+,29-,30+,31+,32+;/m00./s1. The molecule has 20 atom stereocenters. The van der Waals surface area contributed by atoms with Crippen LogP contribution in [-0.4, -0.2) is 73.5 Å². The lowest BCUT2D eigenvalue weighted by molar-refractivity contribution is -0.249. The van der Waals surface area contributed by atoms with Crippen LogP contribution in [0.2, 0.25) is 0 Å². The minimum atomic E-state index is -0.134. The Morgan fingerprint density at radius 2 is 0.974 bits per heavy atom. The van der Waals surface area contributed by atoms with Gasteiger partial charge in [0, 0.05) is 49.7 Å². The average Bonchev–Trinajstić information content (AvgIpc) is 4.16. The third-order valence-corrected chi connectivity index (χ3v) is 28.0. The number of rotatable bonds is 10. The quantitative estimate of drug-likeness (QED) is 0.0726. The van der Waals surface area contributed by atoms with Gasteiger partial charge in [0.15, 0.2) is 0 Å². The maximum absolute atomic E-state index is 12.6. The Morgan fingerprint density at radius 3 is 1.40 bits per heavy atom. The summed E-state index contributed by atoms with van der Waals surface area (Å²) in [6, 6.07) is 0. The second-order valence-corrected chi connectivity index (χ2v) is 31.4. The number of aliphatic hydroxyl groups excluding tert-OH is 2. The first kappa shape index (κ1) is 61.0. The normalized spacial score (nSPS) is 48.5. The van der Waals surface area contributed by atoms with E-state index in [4.69, 9.17) is 20.3 Å². The van der Waals surface area contributed by atoms with Crippen molar-refractivity contribution >= 4 is 18.2 Å². The van der Waals surface area contributed by atoms with Crippen molar-refractivity contribution in [1.82, 2.24) is 5.32 Å². The molecule has 0 aromatic heterocycles. The second kappa shape index (κ2) is 21.6. The minimum absolute atomic E-state index is 0.00743. The molecule has 10 aliphatic rings. The smallest absolute Gasteiger partial charge is 0.302 e. The summed E-state index contributed by atoms with van der Waals surface area (Å²) >= 11 is 0. The first-order chi connectivity index (χ1) is 35.9. The van der Waals surface area contributed by atoms with Gasteiger partial charge in [-0.15, -0.1) is 0 Å². The topological polar surface area (TPSA) is 148 Å². The third-order valence-electron chi connectivity index (χ3n) is 28.0. The van der Waals surface area contributed by atoms with Crippen LogP contribution in [0.25, 0.3) is 0 Å². The number of carbonyl (C=O) groups is 3. The van der Waals surface area contributed by atoms with Crippen molar-refractivity contribution in [2.24, 2.45) is 119 Å². The molecular weight excluding hydrogens is 957 g/mol. The number of aldehydes is 1. The fraction of sp³-hybridized carbons (Fsp3) is 0.897. The van der Waals surface area contributed by atoms with Crippen LogP contribution < -0.4 is 11.1 Å². The predicted molar refractivity (Wildman–Crippen MR) is 311 cm³/mol. The van der Waals surface area contributed by atoms with E-state index in [0.29, 0.717) is 87.5 Å². The molecule has 0 bridgehead atoms. The van der Waals surface area contributed by atoms with E-state index < -0.39 is 0 Å². The van der Waals surface area contributed by atoms with Gasteiger partial charge in [0.05, 0.1) is 13.2 Å². The Balaban J connectivity index is 0.000000191. The van der Waals surface area contributed by atoms with Gasteiger partial charge in [-0.25, -0.2) is 0 Å². The fourth-order valence-electron chi connectivity index (χ4n) is 24.2. The summed E-state index contributed by atoms with van der Waals surface area (Å²) in [6.07, 6.45) is 25.8. The summed E-state index contributed by atoms with van der Waals surface area (Å²) in [4.78, 5) is 36.5. The number of ether oxygens (including phenoxy) is 2. The number of aliphatic hydroxyl groups is 2. The van der Waals surface area contributed by atoms with Crippen LogP contribution in [0, 0.1) is 113 Å². The van der Waals surface area contributed by atoms with Gasteiger partial charge in [-0.3, -0.25) is 9.59 Å². The summed E-state index contributed by atoms with van der Waals surface area (Å²) in [7, 11) is 0. The average molecular weight is 1070 g/mol. The van der Waals surface area contributed by atoms with E-state index in [1.807, 2.05) is 0 Å². The molecule has 0 aliphatic heterocycles. The summed E-state index contributed by atoms with van der Waals surface area (Å²) in [5, 5.41) is 20.9. The van der Waals surface area contributed by atoms with Crippen molar-refractivity contribution in [3.63, 3.8) is 0 Å². The minimum Gasteiger partial charge on any atom is -0.462 e. The SMILES string of the molecule is C=C(C)[C@@H]1CC[C@]2(C=O)CC[C@]3(C)[C@H](CC[C@@H]4[C@@]5(C)CC[C@H](OC(C)=O)C(C)(C)[C@@H]5CC[C@]43C)[C@@H]12.C=C(C)[C@@H]1CC[C@]2(CNCCO)CC[C@]3(C)[C@H](CC[C@@H]4[C@@]5(C)CC[C@H](OC(C)=O)C(C)(C)[C@@H]5CC[C@]43C)[C@@H]12.NCCO. The van der Waals surface area contributed by atoms with Crippen LogP contribution in [0.3, 0.4) is 0 Å². The van der Waals surface area contributed by atoms with Gasteiger partial charge in [-0.1, -0.05) is 93.5 Å². The summed E-state index contributed by atoms with van der Waals surface area (Å²) in [6.45, 7) is 44.5.